The van der Waals surface area contributed by atoms with Crippen molar-refractivity contribution in [3.05, 3.63) is 47.6 Å². The fraction of sp³-hybridized carbons (Fsp3) is 0.500. The number of carbonyl (C=O) groups excluding carboxylic acids is 1. The van der Waals surface area contributed by atoms with Crippen LogP contribution in [-0.2, 0) is 19.5 Å². The van der Waals surface area contributed by atoms with Gasteiger partial charge in [0.05, 0.1) is 17.5 Å². The lowest BCUT2D eigenvalue weighted by Gasteiger charge is -2.21. The summed E-state index contributed by atoms with van der Waals surface area (Å²) in [5.74, 6) is 0.139. The maximum atomic E-state index is 13.9. The fourth-order valence-corrected chi connectivity index (χ4v) is 3.22. The number of carbonyl (C=O) groups is 1. The molecule has 1 amide bonds. The summed E-state index contributed by atoms with van der Waals surface area (Å²) in [6.45, 7) is 8.90. The first-order valence-electron chi connectivity index (χ1n) is 8.78. The molecule has 0 bridgehead atoms. The normalized spacial score (nSPS) is 14.5. The molecule has 0 aliphatic carbocycles. The van der Waals surface area contributed by atoms with E-state index in [4.69, 9.17) is 0 Å². The molecular weight excluding hydrogens is 321 g/mol. The Bertz CT molecular complexity index is 741. The molecule has 0 spiro atoms. The van der Waals surface area contributed by atoms with Gasteiger partial charge in [-0.3, -0.25) is 14.7 Å². The van der Waals surface area contributed by atoms with Crippen LogP contribution in [0.25, 0.3) is 0 Å². The van der Waals surface area contributed by atoms with E-state index in [1.807, 2.05) is 6.20 Å². The van der Waals surface area contributed by atoms with Crippen LogP contribution in [-0.4, -0.2) is 56.4 Å². The summed E-state index contributed by atoms with van der Waals surface area (Å²) >= 11 is 0. The van der Waals surface area contributed by atoms with E-state index in [0.717, 1.165) is 31.7 Å². The first-order chi connectivity index (χ1) is 12.1. The second kappa shape index (κ2) is 7.74. The van der Waals surface area contributed by atoms with Crippen molar-refractivity contribution in [1.82, 2.24) is 24.3 Å². The van der Waals surface area contributed by atoms with Gasteiger partial charge in [-0.15, -0.1) is 0 Å². The number of imidazole rings is 1. The molecule has 7 heteroatoms. The first-order valence-corrected chi connectivity index (χ1v) is 8.78. The van der Waals surface area contributed by atoms with E-state index in [1.54, 1.807) is 4.90 Å². The van der Waals surface area contributed by atoms with Gasteiger partial charge in [0.2, 0.25) is 0 Å². The van der Waals surface area contributed by atoms with Crippen molar-refractivity contribution < 1.29 is 9.18 Å². The predicted octanol–water partition coefficient (Wildman–Crippen LogP) is 1.96. The quantitative estimate of drug-likeness (QED) is 0.831. The smallest absolute Gasteiger partial charge is 0.257 e. The van der Waals surface area contributed by atoms with E-state index >= 15 is 0 Å². The third-order valence-corrected chi connectivity index (χ3v) is 4.79. The molecule has 0 fully saturated rings. The number of halogens is 1. The molecule has 1 aliphatic heterocycles. The van der Waals surface area contributed by atoms with Crippen molar-refractivity contribution in [2.24, 2.45) is 0 Å². The first kappa shape index (κ1) is 17.5. The highest BCUT2D eigenvalue weighted by molar-refractivity contribution is 5.94. The average molecular weight is 345 g/mol. The van der Waals surface area contributed by atoms with E-state index in [-0.39, 0.29) is 11.5 Å². The Morgan fingerprint density at radius 2 is 2.04 bits per heavy atom. The number of rotatable bonds is 5. The zero-order valence-corrected chi connectivity index (χ0v) is 14.8. The molecule has 0 N–H and O–H groups in total. The fourth-order valence-electron chi connectivity index (χ4n) is 3.22. The number of fused-ring (bicyclic) bond motifs is 1. The number of hydrogen-bond acceptors (Lipinski definition) is 4. The Hall–Kier alpha value is -2.28. The van der Waals surface area contributed by atoms with Gasteiger partial charge in [-0.05, 0) is 19.2 Å². The maximum Gasteiger partial charge on any atom is 0.257 e. The Labute approximate surface area is 147 Å². The minimum absolute atomic E-state index is 0.0814. The lowest BCUT2D eigenvalue weighted by Crippen LogP contribution is -2.34. The lowest BCUT2D eigenvalue weighted by atomic mass is 10.2. The van der Waals surface area contributed by atoms with Crippen LogP contribution >= 0.6 is 0 Å². The summed E-state index contributed by atoms with van der Waals surface area (Å²) in [5, 5.41) is 0. The van der Waals surface area contributed by atoms with Crippen molar-refractivity contribution >= 4 is 5.91 Å². The Morgan fingerprint density at radius 3 is 2.76 bits per heavy atom. The highest BCUT2D eigenvalue weighted by atomic mass is 19.1. The molecule has 0 atom stereocenters. The molecule has 134 valence electrons. The second-order valence-corrected chi connectivity index (χ2v) is 6.18. The highest BCUT2D eigenvalue weighted by Gasteiger charge is 2.23. The minimum Gasteiger partial charge on any atom is -0.336 e. The van der Waals surface area contributed by atoms with Gasteiger partial charge in [0.1, 0.15) is 5.82 Å². The summed E-state index contributed by atoms with van der Waals surface area (Å²) in [7, 11) is 0. The van der Waals surface area contributed by atoms with E-state index in [0.29, 0.717) is 26.1 Å². The molecule has 25 heavy (non-hydrogen) atoms. The average Bonchev–Trinajstić information content (AvgIpc) is 2.88. The Morgan fingerprint density at radius 1 is 1.24 bits per heavy atom. The number of nitrogens with zero attached hydrogens (tertiary/aromatic N) is 5. The highest BCUT2D eigenvalue weighted by Crippen LogP contribution is 2.16. The van der Waals surface area contributed by atoms with Crippen molar-refractivity contribution in [1.29, 1.82) is 0 Å². The van der Waals surface area contributed by atoms with Gasteiger partial charge in [-0.2, -0.15) is 0 Å². The number of aromatic nitrogens is 3. The van der Waals surface area contributed by atoms with Gasteiger partial charge < -0.3 is 9.47 Å². The van der Waals surface area contributed by atoms with Crippen molar-refractivity contribution in [3.8, 4) is 0 Å². The topological polar surface area (TPSA) is 54.3 Å². The Kier molecular flexibility index (Phi) is 5.43. The molecule has 0 saturated heterocycles. The van der Waals surface area contributed by atoms with Crippen LogP contribution in [0.2, 0.25) is 0 Å². The van der Waals surface area contributed by atoms with Crippen LogP contribution in [0.3, 0.4) is 0 Å². The molecule has 0 unspecified atom stereocenters. The molecule has 2 aromatic heterocycles. The van der Waals surface area contributed by atoms with Crippen molar-refractivity contribution in [3.63, 3.8) is 0 Å². The van der Waals surface area contributed by atoms with Gasteiger partial charge in [0, 0.05) is 45.0 Å². The lowest BCUT2D eigenvalue weighted by molar-refractivity contribution is 0.0754. The third-order valence-electron chi connectivity index (χ3n) is 4.79. The van der Waals surface area contributed by atoms with Crippen molar-refractivity contribution in [2.75, 3.05) is 26.2 Å². The summed E-state index contributed by atoms with van der Waals surface area (Å²) < 4.78 is 16.1. The molecule has 0 aromatic carbocycles. The van der Waals surface area contributed by atoms with Gasteiger partial charge in [-0.1, -0.05) is 13.8 Å². The van der Waals surface area contributed by atoms with Crippen LogP contribution in [0.4, 0.5) is 4.39 Å². The van der Waals surface area contributed by atoms with Crippen LogP contribution in [0.1, 0.15) is 35.7 Å². The van der Waals surface area contributed by atoms with E-state index in [9.17, 15) is 9.18 Å². The third kappa shape index (κ3) is 3.71. The number of hydrogen-bond donors (Lipinski definition) is 0. The van der Waals surface area contributed by atoms with Crippen LogP contribution in [0.5, 0.6) is 0 Å². The molecule has 0 radical (unpaired) electrons. The number of amides is 1. The van der Waals surface area contributed by atoms with Gasteiger partial charge >= 0.3 is 0 Å². The van der Waals surface area contributed by atoms with E-state index in [1.165, 1.54) is 18.0 Å². The van der Waals surface area contributed by atoms with Gasteiger partial charge in [0.15, 0.2) is 5.82 Å². The zero-order chi connectivity index (χ0) is 17.8. The standard InChI is InChI=1S/C18H24FN5O/c1-3-22(4-2)13-14-11-21-17-6-8-23(9-10-24(14)17)18(25)15-5-7-20-12-16(15)19/h5,7,11-12H,3-4,6,8-10,13H2,1-2H3. The van der Waals surface area contributed by atoms with E-state index in [2.05, 4.69) is 33.3 Å². The van der Waals surface area contributed by atoms with Crippen LogP contribution < -0.4 is 0 Å². The minimum atomic E-state index is -0.572. The van der Waals surface area contributed by atoms with Crippen LogP contribution in [0.15, 0.2) is 24.7 Å². The van der Waals surface area contributed by atoms with Crippen molar-refractivity contribution in [2.45, 2.75) is 33.4 Å². The Balaban J connectivity index is 1.73. The molecule has 3 heterocycles. The largest absolute Gasteiger partial charge is 0.336 e. The molecule has 1 aliphatic rings. The molecule has 2 aromatic rings. The summed E-state index contributed by atoms with van der Waals surface area (Å²) in [6, 6.07) is 1.44. The molecule has 6 nitrogen and oxygen atoms in total. The summed E-state index contributed by atoms with van der Waals surface area (Å²) in [5.41, 5.74) is 1.25. The SMILES string of the molecule is CCN(CC)Cc1cnc2n1CCN(C(=O)c1ccncc1F)CC2. The predicted molar refractivity (Wildman–Crippen MR) is 92.7 cm³/mol. The maximum absolute atomic E-state index is 13.9. The van der Waals surface area contributed by atoms with Crippen LogP contribution in [0, 0.1) is 5.82 Å². The summed E-state index contributed by atoms with van der Waals surface area (Å²) in [6.07, 6.45) is 5.14. The summed E-state index contributed by atoms with van der Waals surface area (Å²) in [4.78, 5) is 24.9. The van der Waals surface area contributed by atoms with E-state index < -0.39 is 5.82 Å². The molecule has 3 rings (SSSR count). The van der Waals surface area contributed by atoms with Gasteiger partial charge in [-0.25, -0.2) is 9.37 Å². The van der Waals surface area contributed by atoms with Gasteiger partial charge in [0.25, 0.3) is 5.91 Å². The molecule has 0 saturated carbocycles. The zero-order valence-electron chi connectivity index (χ0n) is 14.8. The monoisotopic (exact) mass is 345 g/mol. The second-order valence-electron chi connectivity index (χ2n) is 6.18. The number of pyridine rings is 1. The molecular formula is C18H24FN5O.